The molecule has 2 N–H and O–H groups in total. The molecule has 0 radical (unpaired) electrons. The van der Waals surface area contributed by atoms with E-state index in [1.165, 1.54) is 18.2 Å². The molecule has 1 aromatic rings. The first-order valence-corrected chi connectivity index (χ1v) is 7.62. The van der Waals surface area contributed by atoms with Crippen LogP contribution >= 0.6 is 0 Å². The van der Waals surface area contributed by atoms with Crippen LogP contribution in [0.4, 0.5) is 13.2 Å². The molecule has 2 saturated carbocycles. The number of benzene rings is 1. The van der Waals surface area contributed by atoms with Crippen molar-refractivity contribution in [3.05, 3.63) is 29.8 Å². The minimum absolute atomic E-state index is 0.313. The summed E-state index contributed by atoms with van der Waals surface area (Å²) < 4.78 is 41.4. The van der Waals surface area contributed by atoms with E-state index in [0.29, 0.717) is 24.8 Å². The van der Waals surface area contributed by atoms with Gasteiger partial charge in [0.25, 0.3) is 0 Å². The Morgan fingerprint density at radius 3 is 2.46 bits per heavy atom. The number of nitrogens with one attached hydrogen (secondary N) is 1. The van der Waals surface area contributed by atoms with Gasteiger partial charge in [-0.15, -0.1) is 13.2 Å². The molecule has 130 valence electrons. The zero-order valence-electron chi connectivity index (χ0n) is 12.6. The number of hydrogen-bond donors (Lipinski definition) is 2. The number of ether oxygens (including phenoxy) is 1. The van der Waals surface area contributed by atoms with Crippen LogP contribution in [-0.2, 0) is 9.59 Å². The number of hydrogen-bond acceptors (Lipinski definition) is 3. The Bertz CT molecular complexity index is 670. The Balaban J connectivity index is 1.69. The number of para-hydroxylation sites is 1. The van der Waals surface area contributed by atoms with Crippen LogP contribution in [-0.4, -0.2) is 28.9 Å². The third kappa shape index (κ3) is 3.18. The molecule has 0 unspecified atom stereocenters. The molecule has 0 aromatic heterocycles. The van der Waals surface area contributed by atoms with Crippen molar-refractivity contribution in [3.63, 3.8) is 0 Å². The van der Waals surface area contributed by atoms with Crippen LogP contribution in [0.5, 0.6) is 5.75 Å². The standard InChI is InChI=1S/C16H16F3NO4/c17-16(18,19)24-12-5-2-1-4-9(12)10-8-11(10)13(21)20-15(14(22)23)6-3-7-15/h1-2,4-5,10-11H,3,6-8H2,(H,20,21)(H,22,23)/t10-,11-/m1/s1. The van der Waals surface area contributed by atoms with Crippen LogP contribution in [0.25, 0.3) is 0 Å². The van der Waals surface area contributed by atoms with Gasteiger partial charge in [-0.25, -0.2) is 4.79 Å². The van der Waals surface area contributed by atoms with Crippen molar-refractivity contribution < 1.29 is 32.6 Å². The monoisotopic (exact) mass is 343 g/mol. The maximum Gasteiger partial charge on any atom is 0.573 e. The fraction of sp³-hybridized carbons (Fsp3) is 0.500. The number of alkyl halides is 3. The first-order chi connectivity index (χ1) is 11.2. The smallest absolute Gasteiger partial charge is 0.480 e. The number of carbonyl (C=O) groups excluding carboxylic acids is 1. The quantitative estimate of drug-likeness (QED) is 0.862. The van der Waals surface area contributed by atoms with Crippen LogP contribution in [0.1, 0.15) is 37.2 Å². The van der Waals surface area contributed by atoms with Crippen molar-refractivity contribution in [3.8, 4) is 5.75 Å². The SMILES string of the molecule is O=C(NC1(C(=O)O)CCC1)[C@@H]1C[C@@H]1c1ccccc1OC(F)(F)F. The summed E-state index contributed by atoms with van der Waals surface area (Å²) in [5.74, 6) is -2.74. The Morgan fingerprint density at radius 2 is 1.92 bits per heavy atom. The van der Waals surface area contributed by atoms with Crippen molar-refractivity contribution in [1.29, 1.82) is 0 Å². The molecule has 8 heteroatoms. The fourth-order valence-electron chi connectivity index (χ4n) is 3.08. The minimum Gasteiger partial charge on any atom is -0.480 e. The van der Waals surface area contributed by atoms with E-state index in [2.05, 4.69) is 10.1 Å². The molecule has 0 saturated heterocycles. The maximum absolute atomic E-state index is 12.5. The lowest BCUT2D eigenvalue weighted by Crippen LogP contribution is -2.59. The maximum atomic E-state index is 12.5. The van der Waals surface area contributed by atoms with Gasteiger partial charge >= 0.3 is 12.3 Å². The second-order valence-electron chi connectivity index (χ2n) is 6.26. The first-order valence-electron chi connectivity index (χ1n) is 7.62. The van der Waals surface area contributed by atoms with Gasteiger partial charge in [0.2, 0.25) is 5.91 Å². The molecule has 0 bridgehead atoms. The molecule has 0 aliphatic heterocycles. The van der Waals surface area contributed by atoms with Gasteiger partial charge in [-0.05, 0) is 43.2 Å². The zero-order valence-corrected chi connectivity index (χ0v) is 12.6. The number of rotatable bonds is 5. The molecule has 2 fully saturated rings. The van der Waals surface area contributed by atoms with Crippen molar-refractivity contribution in [1.82, 2.24) is 5.32 Å². The molecule has 5 nitrogen and oxygen atoms in total. The van der Waals surface area contributed by atoms with E-state index >= 15 is 0 Å². The van der Waals surface area contributed by atoms with Crippen LogP contribution in [0, 0.1) is 5.92 Å². The Kier molecular flexibility index (Phi) is 3.93. The zero-order chi connectivity index (χ0) is 17.5. The average molecular weight is 343 g/mol. The number of carboxylic acids is 1. The van der Waals surface area contributed by atoms with E-state index in [0.717, 1.165) is 6.42 Å². The Labute approximate surface area is 135 Å². The molecule has 1 amide bonds. The van der Waals surface area contributed by atoms with Gasteiger partial charge in [0.15, 0.2) is 0 Å². The van der Waals surface area contributed by atoms with E-state index in [1.807, 2.05) is 0 Å². The molecule has 0 spiro atoms. The van der Waals surface area contributed by atoms with E-state index in [4.69, 9.17) is 0 Å². The van der Waals surface area contributed by atoms with E-state index in [9.17, 15) is 27.9 Å². The molecule has 3 rings (SSSR count). The van der Waals surface area contributed by atoms with Crippen molar-refractivity contribution in [2.45, 2.75) is 43.5 Å². The van der Waals surface area contributed by atoms with E-state index < -0.39 is 35.6 Å². The molecular weight excluding hydrogens is 327 g/mol. The molecular formula is C16H16F3NO4. The third-order valence-electron chi connectivity index (χ3n) is 4.65. The van der Waals surface area contributed by atoms with Crippen LogP contribution in [0.15, 0.2) is 24.3 Å². The second kappa shape index (κ2) is 5.68. The Morgan fingerprint density at radius 1 is 1.25 bits per heavy atom. The predicted molar refractivity (Wildman–Crippen MR) is 76.3 cm³/mol. The predicted octanol–water partition coefficient (Wildman–Crippen LogP) is 2.81. The first kappa shape index (κ1) is 16.6. The van der Waals surface area contributed by atoms with Gasteiger partial charge in [-0.3, -0.25) is 4.79 Å². The largest absolute Gasteiger partial charge is 0.573 e. The molecule has 0 heterocycles. The van der Waals surface area contributed by atoms with Gasteiger partial charge in [0, 0.05) is 5.92 Å². The van der Waals surface area contributed by atoms with Crippen molar-refractivity contribution >= 4 is 11.9 Å². The van der Waals surface area contributed by atoms with Crippen LogP contribution in [0.2, 0.25) is 0 Å². The number of halogens is 3. The average Bonchev–Trinajstić information content (AvgIpc) is 3.21. The number of aliphatic carboxylic acids is 1. The summed E-state index contributed by atoms with van der Waals surface area (Å²) in [5.41, 5.74) is -0.903. The lowest BCUT2D eigenvalue weighted by Gasteiger charge is -2.38. The summed E-state index contributed by atoms with van der Waals surface area (Å²) in [6.45, 7) is 0. The lowest BCUT2D eigenvalue weighted by molar-refractivity contribution is -0.274. The normalized spacial score (nSPS) is 24.6. The van der Waals surface area contributed by atoms with Gasteiger partial charge in [-0.2, -0.15) is 0 Å². The summed E-state index contributed by atoms with van der Waals surface area (Å²) in [4.78, 5) is 23.5. The number of carbonyl (C=O) groups is 2. The van der Waals surface area contributed by atoms with Crippen LogP contribution in [0.3, 0.4) is 0 Å². The molecule has 2 aliphatic rings. The third-order valence-corrected chi connectivity index (χ3v) is 4.65. The van der Waals surface area contributed by atoms with Gasteiger partial charge < -0.3 is 15.2 Å². The van der Waals surface area contributed by atoms with Gasteiger partial charge in [0.05, 0.1) is 0 Å². The van der Waals surface area contributed by atoms with E-state index in [-0.39, 0.29) is 5.75 Å². The highest BCUT2D eigenvalue weighted by Crippen LogP contribution is 2.51. The topological polar surface area (TPSA) is 75.6 Å². The van der Waals surface area contributed by atoms with Gasteiger partial charge in [0.1, 0.15) is 11.3 Å². The number of amides is 1. The highest BCUT2D eigenvalue weighted by Gasteiger charge is 2.51. The fourth-order valence-corrected chi connectivity index (χ4v) is 3.08. The minimum atomic E-state index is -4.80. The molecule has 2 aliphatic carbocycles. The summed E-state index contributed by atoms with van der Waals surface area (Å²) in [6.07, 6.45) is -2.96. The Hall–Kier alpha value is -2.25. The highest BCUT2D eigenvalue weighted by atomic mass is 19.4. The van der Waals surface area contributed by atoms with Crippen molar-refractivity contribution in [2.75, 3.05) is 0 Å². The molecule has 1 aromatic carbocycles. The molecule has 2 atom stereocenters. The van der Waals surface area contributed by atoms with E-state index in [1.54, 1.807) is 6.07 Å². The highest BCUT2D eigenvalue weighted by molar-refractivity contribution is 5.90. The van der Waals surface area contributed by atoms with Crippen LogP contribution < -0.4 is 10.1 Å². The van der Waals surface area contributed by atoms with Crippen molar-refractivity contribution in [2.24, 2.45) is 5.92 Å². The summed E-state index contributed by atoms with van der Waals surface area (Å²) in [7, 11) is 0. The second-order valence-corrected chi connectivity index (χ2v) is 6.26. The number of carboxylic acid groups (broad SMARTS) is 1. The lowest BCUT2D eigenvalue weighted by atomic mass is 9.76. The summed E-state index contributed by atoms with van der Waals surface area (Å²) >= 11 is 0. The van der Waals surface area contributed by atoms with Gasteiger partial charge in [-0.1, -0.05) is 18.2 Å². The summed E-state index contributed by atoms with van der Waals surface area (Å²) in [6, 6.07) is 5.71. The molecule has 24 heavy (non-hydrogen) atoms. The summed E-state index contributed by atoms with van der Waals surface area (Å²) in [5, 5.41) is 11.8.